The molecule has 0 saturated heterocycles. The van der Waals surface area contributed by atoms with Crippen LogP contribution in [0.1, 0.15) is 5.56 Å². The van der Waals surface area contributed by atoms with Crippen molar-refractivity contribution in [1.82, 2.24) is 9.55 Å². The molecule has 1 N–H and O–H groups in total. The van der Waals surface area contributed by atoms with Crippen molar-refractivity contribution in [2.75, 3.05) is 25.3 Å². The number of aromatic nitrogens is 2. The molecule has 0 unspecified atom stereocenters. The van der Waals surface area contributed by atoms with E-state index < -0.39 is 0 Å². The molecule has 1 aromatic heterocycles. The molecule has 0 spiro atoms. The third-order valence-electron chi connectivity index (χ3n) is 3.99. The summed E-state index contributed by atoms with van der Waals surface area (Å²) >= 11 is 7.59. The highest BCUT2D eigenvalue weighted by atomic mass is 35.5. The SMILES string of the molecule is COc1ccc(OC)c(NC(=O)CSc2nccn2Cc2ccccc2Cl)c1. The van der Waals surface area contributed by atoms with Gasteiger partial charge >= 0.3 is 0 Å². The van der Waals surface area contributed by atoms with E-state index in [9.17, 15) is 4.79 Å². The fourth-order valence-electron chi connectivity index (χ4n) is 2.59. The van der Waals surface area contributed by atoms with E-state index in [1.165, 1.54) is 11.8 Å². The quantitative estimate of drug-likeness (QED) is 0.552. The van der Waals surface area contributed by atoms with Gasteiger partial charge in [-0.1, -0.05) is 41.6 Å². The van der Waals surface area contributed by atoms with Crippen molar-refractivity contribution in [3.8, 4) is 11.5 Å². The van der Waals surface area contributed by atoms with Crippen molar-refractivity contribution in [3.63, 3.8) is 0 Å². The van der Waals surface area contributed by atoms with Crippen LogP contribution < -0.4 is 14.8 Å². The zero-order chi connectivity index (χ0) is 19.9. The lowest BCUT2D eigenvalue weighted by Crippen LogP contribution is -2.15. The third kappa shape index (κ3) is 4.99. The van der Waals surface area contributed by atoms with Crippen molar-refractivity contribution < 1.29 is 14.3 Å². The molecule has 1 heterocycles. The molecule has 0 aliphatic heterocycles. The normalized spacial score (nSPS) is 10.5. The average molecular weight is 418 g/mol. The van der Waals surface area contributed by atoms with E-state index in [2.05, 4.69) is 10.3 Å². The summed E-state index contributed by atoms with van der Waals surface area (Å²) in [5, 5.41) is 4.30. The van der Waals surface area contributed by atoms with Crippen molar-refractivity contribution in [2.45, 2.75) is 11.7 Å². The molecule has 3 aromatic rings. The number of imidazole rings is 1. The van der Waals surface area contributed by atoms with Crippen molar-refractivity contribution >= 4 is 35.0 Å². The minimum absolute atomic E-state index is 0.163. The highest BCUT2D eigenvalue weighted by molar-refractivity contribution is 7.99. The molecule has 28 heavy (non-hydrogen) atoms. The number of ether oxygens (including phenoxy) is 2. The van der Waals surface area contributed by atoms with E-state index in [0.717, 1.165) is 10.7 Å². The van der Waals surface area contributed by atoms with Gasteiger partial charge in [-0.05, 0) is 23.8 Å². The van der Waals surface area contributed by atoms with Gasteiger partial charge in [0.2, 0.25) is 5.91 Å². The van der Waals surface area contributed by atoms with E-state index in [-0.39, 0.29) is 11.7 Å². The topological polar surface area (TPSA) is 65.4 Å². The molecule has 3 rings (SSSR count). The summed E-state index contributed by atoms with van der Waals surface area (Å²) in [5.74, 6) is 1.25. The molecule has 146 valence electrons. The number of hydrogen-bond donors (Lipinski definition) is 1. The first kappa shape index (κ1) is 20.1. The number of anilines is 1. The molecular formula is C20H20ClN3O3S. The van der Waals surface area contributed by atoms with Crippen molar-refractivity contribution in [3.05, 3.63) is 65.4 Å². The van der Waals surface area contributed by atoms with Crippen LogP contribution in [0.15, 0.2) is 60.0 Å². The van der Waals surface area contributed by atoms with Crippen LogP contribution in [-0.2, 0) is 11.3 Å². The van der Waals surface area contributed by atoms with Crippen LogP contribution in [0.2, 0.25) is 5.02 Å². The zero-order valence-corrected chi connectivity index (χ0v) is 17.1. The number of nitrogens with one attached hydrogen (secondary N) is 1. The minimum atomic E-state index is -0.163. The molecule has 0 saturated carbocycles. The second-order valence-corrected chi connectivity index (χ2v) is 7.18. The standard InChI is InChI=1S/C20H20ClN3O3S/c1-26-15-7-8-18(27-2)17(11-15)23-19(25)13-28-20-22-9-10-24(20)12-14-5-3-4-6-16(14)21/h3-11H,12-13H2,1-2H3,(H,23,25). The summed E-state index contributed by atoms with van der Waals surface area (Å²) in [6, 6.07) is 12.9. The number of thioether (sulfide) groups is 1. The lowest BCUT2D eigenvalue weighted by atomic mass is 10.2. The first-order chi connectivity index (χ1) is 13.6. The summed E-state index contributed by atoms with van der Waals surface area (Å²) < 4.78 is 12.5. The van der Waals surface area contributed by atoms with Crippen LogP contribution in [0.3, 0.4) is 0 Å². The van der Waals surface area contributed by atoms with Crippen LogP contribution in [0.4, 0.5) is 5.69 Å². The predicted octanol–water partition coefficient (Wildman–Crippen LogP) is 4.33. The van der Waals surface area contributed by atoms with Crippen LogP contribution in [-0.4, -0.2) is 35.4 Å². The van der Waals surface area contributed by atoms with Crippen molar-refractivity contribution in [2.24, 2.45) is 0 Å². The van der Waals surface area contributed by atoms with Gasteiger partial charge in [0.15, 0.2) is 5.16 Å². The number of hydrogen-bond acceptors (Lipinski definition) is 5. The monoisotopic (exact) mass is 417 g/mol. The second-order valence-electron chi connectivity index (χ2n) is 5.83. The number of methoxy groups -OCH3 is 2. The summed E-state index contributed by atoms with van der Waals surface area (Å²) in [6.45, 7) is 0.591. The minimum Gasteiger partial charge on any atom is -0.497 e. The Morgan fingerprint density at radius 2 is 2.04 bits per heavy atom. The fourth-order valence-corrected chi connectivity index (χ4v) is 3.55. The Kier molecular flexibility index (Phi) is 6.84. The Labute approximate surface area is 172 Å². The Morgan fingerprint density at radius 1 is 1.21 bits per heavy atom. The van der Waals surface area contributed by atoms with Crippen LogP contribution >= 0.6 is 23.4 Å². The molecule has 0 atom stereocenters. The molecule has 0 aliphatic rings. The van der Waals surface area contributed by atoms with Gasteiger partial charge in [-0.3, -0.25) is 4.79 Å². The number of carbonyl (C=O) groups excluding carboxylic acids is 1. The first-order valence-corrected chi connectivity index (χ1v) is 9.86. The van der Waals surface area contributed by atoms with Crippen molar-refractivity contribution in [1.29, 1.82) is 0 Å². The van der Waals surface area contributed by atoms with Gasteiger partial charge in [0.25, 0.3) is 0 Å². The van der Waals surface area contributed by atoms with Gasteiger partial charge in [0, 0.05) is 23.5 Å². The van der Waals surface area contributed by atoms with E-state index in [1.54, 1.807) is 38.6 Å². The fraction of sp³-hybridized carbons (Fsp3) is 0.200. The van der Waals surface area contributed by atoms with Crippen LogP contribution in [0.5, 0.6) is 11.5 Å². The molecule has 1 amide bonds. The Balaban J connectivity index is 1.63. The highest BCUT2D eigenvalue weighted by Gasteiger charge is 2.12. The average Bonchev–Trinajstić information content (AvgIpc) is 3.15. The lowest BCUT2D eigenvalue weighted by molar-refractivity contribution is -0.113. The molecule has 0 fully saturated rings. The number of benzene rings is 2. The maximum atomic E-state index is 12.4. The Morgan fingerprint density at radius 3 is 2.79 bits per heavy atom. The summed E-state index contributed by atoms with van der Waals surface area (Å²) in [6.07, 6.45) is 3.58. The van der Waals surface area contributed by atoms with Crippen LogP contribution in [0.25, 0.3) is 0 Å². The molecular weight excluding hydrogens is 398 g/mol. The summed E-state index contributed by atoms with van der Waals surface area (Å²) in [5.41, 5.74) is 1.56. The van der Waals surface area contributed by atoms with Gasteiger partial charge in [0.1, 0.15) is 11.5 Å². The number of halogens is 1. The number of nitrogens with zero attached hydrogens (tertiary/aromatic N) is 2. The van der Waals surface area contributed by atoms with Gasteiger partial charge < -0.3 is 19.4 Å². The maximum Gasteiger partial charge on any atom is 0.234 e. The lowest BCUT2D eigenvalue weighted by Gasteiger charge is -2.12. The molecule has 0 aliphatic carbocycles. The third-order valence-corrected chi connectivity index (χ3v) is 5.36. The van der Waals surface area contributed by atoms with Gasteiger partial charge in [-0.25, -0.2) is 4.98 Å². The summed E-state index contributed by atoms with van der Waals surface area (Å²) in [7, 11) is 3.12. The Bertz CT molecular complexity index is 961. The van der Waals surface area contributed by atoms with Gasteiger partial charge in [-0.15, -0.1) is 0 Å². The van der Waals surface area contributed by atoms with E-state index in [1.807, 2.05) is 35.0 Å². The molecule has 0 bridgehead atoms. The highest BCUT2D eigenvalue weighted by Crippen LogP contribution is 2.29. The van der Waals surface area contributed by atoms with Crippen LogP contribution in [0, 0.1) is 0 Å². The summed E-state index contributed by atoms with van der Waals surface area (Å²) in [4.78, 5) is 16.8. The van der Waals surface area contributed by atoms with E-state index >= 15 is 0 Å². The zero-order valence-electron chi connectivity index (χ0n) is 15.5. The molecule has 2 aromatic carbocycles. The van der Waals surface area contributed by atoms with E-state index in [0.29, 0.717) is 28.8 Å². The molecule has 8 heteroatoms. The smallest absolute Gasteiger partial charge is 0.234 e. The molecule has 6 nitrogen and oxygen atoms in total. The largest absolute Gasteiger partial charge is 0.497 e. The van der Waals surface area contributed by atoms with Gasteiger partial charge in [-0.2, -0.15) is 0 Å². The number of amides is 1. The second kappa shape index (κ2) is 9.52. The Hall–Kier alpha value is -2.64. The number of carbonyl (C=O) groups is 1. The molecule has 0 radical (unpaired) electrons. The van der Waals surface area contributed by atoms with E-state index in [4.69, 9.17) is 21.1 Å². The predicted molar refractivity (Wildman–Crippen MR) is 112 cm³/mol. The van der Waals surface area contributed by atoms with Gasteiger partial charge in [0.05, 0.1) is 32.2 Å². The first-order valence-electron chi connectivity index (χ1n) is 8.50. The number of rotatable bonds is 8. The maximum absolute atomic E-state index is 12.4.